The summed E-state index contributed by atoms with van der Waals surface area (Å²) in [5.74, 6) is -0.856. The van der Waals surface area contributed by atoms with Crippen LogP contribution >= 0.6 is 0 Å². The number of para-hydroxylation sites is 3. The first-order valence-electron chi connectivity index (χ1n) is 11.7. The van der Waals surface area contributed by atoms with Gasteiger partial charge in [-0.3, -0.25) is 4.79 Å². The van der Waals surface area contributed by atoms with Crippen molar-refractivity contribution >= 4 is 26.8 Å². The monoisotopic (exact) mass is 507 g/mol. The number of amides is 1. The molecule has 0 bridgehead atoms. The fraction of sp³-hybridized carbons (Fsp3) is 0.259. The number of aryl methyl sites for hydroxylation is 1. The molecule has 1 aromatic heterocycles. The number of phenolic OH excluding ortho intramolecular Hbond substituents is 1. The van der Waals surface area contributed by atoms with Crippen LogP contribution in [0.4, 0.5) is 0 Å². The maximum atomic E-state index is 12.7. The molecule has 8 nitrogen and oxygen atoms in total. The number of nitrogens with zero attached hydrogens (tertiary/aromatic N) is 1. The van der Waals surface area contributed by atoms with E-state index in [9.17, 15) is 18.3 Å². The van der Waals surface area contributed by atoms with E-state index >= 15 is 0 Å². The van der Waals surface area contributed by atoms with Crippen molar-refractivity contribution < 1.29 is 22.7 Å². The van der Waals surface area contributed by atoms with Crippen molar-refractivity contribution in [2.45, 2.75) is 30.6 Å². The highest BCUT2D eigenvalue weighted by molar-refractivity contribution is 7.90. The summed E-state index contributed by atoms with van der Waals surface area (Å²) in [5, 5.41) is 12.9. The molecule has 2 atom stereocenters. The number of carbonyl (C=O) groups excluding carboxylic acids is 1. The summed E-state index contributed by atoms with van der Waals surface area (Å²) in [5.41, 5.74) is 8.72. The van der Waals surface area contributed by atoms with Crippen molar-refractivity contribution in [3.8, 4) is 5.75 Å². The van der Waals surface area contributed by atoms with Gasteiger partial charge in [0.15, 0.2) is 21.3 Å². The zero-order valence-corrected chi connectivity index (χ0v) is 20.5. The average Bonchev–Trinajstić information content (AvgIpc) is 3.29. The van der Waals surface area contributed by atoms with Gasteiger partial charge in [-0.1, -0.05) is 60.7 Å². The Morgan fingerprint density at radius 3 is 2.44 bits per heavy atom. The Balaban J connectivity index is 1.42. The van der Waals surface area contributed by atoms with Gasteiger partial charge in [0.05, 0.1) is 23.5 Å². The van der Waals surface area contributed by atoms with Crippen LogP contribution in [0.2, 0.25) is 0 Å². The van der Waals surface area contributed by atoms with Crippen LogP contribution in [0.3, 0.4) is 0 Å². The number of rotatable bonds is 11. The standard InChI is InChI=1S/C27H29N3O5S/c28-22(18-36(33,34)17-19-8-2-1-3-9-19)26(32)29-16-21(15-14-20-10-4-6-12-24(20)31)27-30-23-11-5-7-13-25(23)35-27/h1-13,21-22,31H,14-18,28H2,(H,29,32). The topological polar surface area (TPSA) is 136 Å². The van der Waals surface area contributed by atoms with E-state index in [-0.39, 0.29) is 24.0 Å². The van der Waals surface area contributed by atoms with Crippen molar-refractivity contribution in [1.29, 1.82) is 0 Å². The van der Waals surface area contributed by atoms with Crippen molar-refractivity contribution in [2.75, 3.05) is 12.3 Å². The van der Waals surface area contributed by atoms with E-state index < -0.39 is 27.5 Å². The number of fused-ring (bicyclic) bond motifs is 1. The molecule has 4 N–H and O–H groups in total. The lowest BCUT2D eigenvalue weighted by Gasteiger charge is -2.17. The fourth-order valence-electron chi connectivity index (χ4n) is 4.02. The zero-order valence-electron chi connectivity index (χ0n) is 19.7. The highest BCUT2D eigenvalue weighted by Gasteiger charge is 2.25. The molecule has 0 aliphatic heterocycles. The van der Waals surface area contributed by atoms with Crippen molar-refractivity contribution in [3.05, 3.63) is 95.9 Å². The third-order valence-corrected chi connectivity index (χ3v) is 7.58. The summed E-state index contributed by atoms with van der Waals surface area (Å²) in [4.78, 5) is 17.3. The van der Waals surface area contributed by atoms with Gasteiger partial charge in [-0.05, 0) is 42.2 Å². The van der Waals surface area contributed by atoms with Crippen LogP contribution in [0.1, 0.15) is 29.4 Å². The molecule has 0 aliphatic rings. The number of hydrogen-bond donors (Lipinski definition) is 3. The molecule has 0 saturated heterocycles. The Morgan fingerprint density at radius 1 is 1.00 bits per heavy atom. The lowest BCUT2D eigenvalue weighted by Crippen LogP contribution is -2.46. The molecule has 2 unspecified atom stereocenters. The van der Waals surface area contributed by atoms with Crippen LogP contribution < -0.4 is 11.1 Å². The molecule has 0 saturated carbocycles. The molecule has 4 aromatic rings. The second kappa shape index (κ2) is 11.4. The number of aromatic hydroxyl groups is 1. The third kappa shape index (κ3) is 6.71. The molecule has 1 heterocycles. The molecule has 36 heavy (non-hydrogen) atoms. The van der Waals surface area contributed by atoms with Crippen LogP contribution in [0.5, 0.6) is 5.75 Å². The first kappa shape index (κ1) is 25.4. The molecule has 3 aromatic carbocycles. The van der Waals surface area contributed by atoms with E-state index in [0.717, 1.165) is 5.56 Å². The summed E-state index contributed by atoms with van der Waals surface area (Å²) < 4.78 is 31.0. The average molecular weight is 508 g/mol. The van der Waals surface area contributed by atoms with Gasteiger partial charge in [0, 0.05) is 6.54 Å². The van der Waals surface area contributed by atoms with Gasteiger partial charge in [-0.15, -0.1) is 0 Å². The van der Waals surface area contributed by atoms with Gasteiger partial charge in [-0.25, -0.2) is 13.4 Å². The van der Waals surface area contributed by atoms with Gasteiger partial charge in [0.2, 0.25) is 5.91 Å². The number of phenols is 1. The summed E-state index contributed by atoms with van der Waals surface area (Å²) >= 11 is 0. The summed E-state index contributed by atoms with van der Waals surface area (Å²) in [6, 6.07) is 22.0. The first-order chi connectivity index (χ1) is 17.3. The maximum Gasteiger partial charge on any atom is 0.237 e. The minimum absolute atomic E-state index is 0.158. The minimum atomic E-state index is -3.58. The molecule has 1 amide bonds. The predicted octanol–water partition coefficient (Wildman–Crippen LogP) is 3.31. The molecular formula is C27H29N3O5S. The van der Waals surface area contributed by atoms with E-state index in [4.69, 9.17) is 10.2 Å². The van der Waals surface area contributed by atoms with Crippen molar-refractivity contribution in [3.63, 3.8) is 0 Å². The van der Waals surface area contributed by atoms with E-state index in [1.54, 1.807) is 36.4 Å². The Morgan fingerprint density at radius 2 is 1.69 bits per heavy atom. The van der Waals surface area contributed by atoms with Gasteiger partial charge in [0.1, 0.15) is 11.3 Å². The quantitative estimate of drug-likeness (QED) is 0.283. The molecule has 0 fully saturated rings. The third-order valence-electron chi connectivity index (χ3n) is 5.94. The Kier molecular flexibility index (Phi) is 8.02. The number of oxazole rings is 1. The lowest BCUT2D eigenvalue weighted by molar-refractivity contribution is -0.122. The summed E-state index contributed by atoms with van der Waals surface area (Å²) in [6.07, 6.45) is 1.07. The molecule has 0 radical (unpaired) electrons. The molecule has 9 heteroatoms. The van der Waals surface area contributed by atoms with Crippen LogP contribution in [-0.4, -0.2) is 42.8 Å². The van der Waals surface area contributed by atoms with Crippen molar-refractivity contribution in [2.24, 2.45) is 5.73 Å². The lowest BCUT2D eigenvalue weighted by atomic mass is 9.98. The van der Waals surface area contributed by atoms with E-state index in [1.807, 2.05) is 42.5 Å². The van der Waals surface area contributed by atoms with Crippen molar-refractivity contribution in [1.82, 2.24) is 10.3 Å². The highest BCUT2D eigenvalue weighted by atomic mass is 32.2. The van der Waals surface area contributed by atoms with Gasteiger partial charge < -0.3 is 20.6 Å². The normalized spacial score (nSPS) is 13.4. The molecule has 0 spiro atoms. The number of hydrogen-bond acceptors (Lipinski definition) is 7. The van der Waals surface area contributed by atoms with E-state index in [0.29, 0.717) is 35.4 Å². The maximum absolute atomic E-state index is 12.7. The smallest absolute Gasteiger partial charge is 0.237 e. The van der Waals surface area contributed by atoms with Crippen LogP contribution in [0.25, 0.3) is 11.1 Å². The van der Waals surface area contributed by atoms with Gasteiger partial charge >= 0.3 is 0 Å². The largest absolute Gasteiger partial charge is 0.508 e. The van der Waals surface area contributed by atoms with Crippen LogP contribution in [0, 0.1) is 0 Å². The SMILES string of the molecule is NC(CS(=O)(=O)Cc1ccccc1)C(=O)NCC(CCc1ccccc1O)c1nc2ccccc2o1. The number of aromatic nitrogens is 1. The number of carbonyl (C=O) groups is 1. The molecule has 0 aliphatic carbocycles. The summed E-state index contributed by atoms with van der Waals surface area (Å²) in [6.45, 7) is 0.158. The second-order valence-corrected chi connectivity index (χ2v) is 10.9. The van der Waals surface area contributed by atoms with Crippen LogP contribution in [0.15, 0.2) is 83.3 Å². The molecule has 4 rings (SSSR count). The van der Waals surface area contributed by atoms with Gasteiger partial charge in [0.25, 0.3) is 0 Å². The van der Waals surface area contributed by atoms with E-state index in [2.05, 4.69) is 10.3 Å². The number of benzene rings is 3. The van der Waals surface area contributed by atoms with Gasteiger partial charge in [-0.2, -0.15) is 0 Å². The highest BCUT2D eigenvalue weighted by Crippen LogP contribution is 2.27. The fourth-order valence-corrected chi connectivity index (χ4v) is 5.54. The van der Waals surface area contributed by atoms with E-state index in [1.165, 1.54) is 0 Å². The molecule has 188 valence electrons. The Hall–Kier alpha value is -3.69. The number of nitrogens with two attached hydrogens (primary N) is 1. The van der Waals surface area contributed by atoms with Crippen LogP contribution in [-0.2, 0) is 26.8 Å². The first-order valence-corrected chi connectivity index (χ1v) is 13.5. The Bertz CT molecular complexity index is 1390. The second-order valence-electron chi connectivity index (χ2n) is 8.78. The zero-order chi connectivity index (χ0) is 25.5. The Labute approximate surface area is 210 Å². The molecular weight excluding hydrogens is 478 g/mol. The number of sulfone groups is 1. The number of nitrogens with one attached hydrogen (secondary N) is 1. The predicted molar refractivity (Wildman–Crippen MR) is 138 cm³/mol. The summed E-state index contributed by atoms with van der Waals surface area (Å²) in [7, 11) is -3.58. The minimum Gasteiger partial charge on any atom is -0.508 e.